The van der Waals surface area contributed by atoms with E-state index in [0.29, 0.717) is 12.0 Å². The first-order valence-corrected chi connectivity index (χ1v) is 5.92. The van der Waals surface area contributed by atoms with Gasteiger partial charge >= 0.3 is 0 Å². The number of hydrogen-bond donors (Lipinski definition) is 1. The Bertz CT molecular complexity index is 353. The van der Waals surface area contributed by atoms with Crippen molar-refractivity contribution in [1.29, 1.82) is 0 Å². The fraction of sp³-hybridized carbons (Fsp3) is 0.667. The fourth-order valence-electron chi connectivity index (χ4n) is 1.85. The highest BCUT2D eigenvalue weighted by molar-refractivity contribution is 6.31. The summed E-state index contributed by atoms with van der Waals surface area (Å²) in [6.45, 7) is 1.94. The zero-order valence-electron chi connectivity index (χ0n) is 8.95. The maximum absolute atomic E-state index is 5.68. The lowest BCUT2D eigenvalue weighted by molar-refractivity contribution is 0.322. The summed E-state index contributed by atoms with van der Waals surface area (Å²) >= 11 is 11.4. The van der Waals surface area contributed by atoms with Crippen LogP contribution >= 0.6 is 23.2 Å². The Morgan fingerprint density at radius 2 is 2.00 bits per heavy atom. The van der Waals surface area contributed by atoms with Crippen LogP contribution in [0.4, 0.5) is 5.95 Å². The highest BCUT2D eigenvalue weighted by Crippen LogP contribution is 2.15. The van der Waals surface area contributed by atoms with Gasteiger partial charge in [-0.1, -0.05) is 0 Å². The van der Waals surface area contributed by atoms with E-state index >= 15 is 0 Å². The van der Waals surface area contributed by atoms with Crippen molar-refractivity contribution >= 4 is 29.2 Å². The predicted octanol–water partition coefficient (Wildman–Crippen LogP) is 1.68. The molecule has 1 saturated heterocycles. The molecule has 0 spiro atoms. The molecule has 7 heteroatoms. The number of anilines is 1. The minimum absolute atomic E-state index is 0.113. The summed E-state index contributed by atoms with van der Waals surface area (Å²) in [6.07, 6.45) is 2.43. The van der Waals surface area contributed by atoms with Gasteiger partial charge in [-0.3, -0.25) is 0 Å². The van der Waals surface area contributed by atoms with Gasteiger partial charge in [-0.15, -0.1) is 0 Å². The summed E-state index contributed by atoms with van der Waals surface area (Å²) in [5.74, 6) is 0.435. The molecule has 1 aromatic heterocycles. The standard InChI is InChI=1S/C9H13Cl2N5/c1-16-4-2-3-6(16)5-12-9-14-7(10)13-8(11)15-9/h6H,2-5H2,1H3,(H,12,13,14,15). The number of nitrogens with one attached hydrogen (secondary N) is 1. The second kappa shape index (κ2) is 5.12. The average molecular weight is 262 g/mol. The molecule has 0 bridgehead atoms. The van der Waals surface area contributed by atoms with Gasteiger partial charge in [0.05, 0.1) is 0 Å². The molecular formula is C9H13Cl2N5. The molecule has 16 heavy (non-hydrogen) atoms. The molecule has 1 aliphatic heterocycles. The monoisotopic (exact) mass is 261 g/mol. The molecule has 0 aliphatic carbocycles. The van der Waals surface area contributed by atoms with Crippen LogP contribution in [0.3, 0.4) is 0 Å². The van der Waals surface area contributed by atoms with Crippen molar-refractivity contribution in [3.63, 3.8) is 0 Å². The zero-order valence-corrected chi connectivity index (χ0v) is 10.5. The molecule has 2 rings (SSSR count). The van der Waals surface area contributed by atoms with Gasteiger partial charge in [0.2, 0.25) is 16.5 Å². The number of hydrogen-bond acceptors (Lipinski definition) is 5. The minimum Gasteiger partial charge on any atom is -0.352 e. The van der Waals surface area contributed by atoms with Crippen molar-refractivity contribution in [2.45, 2.75) is 18.9 Å². The predicted molar refractivity (Wildman–Crippen MR) is 64.0 cm³/mol. The lowest BCUT2D eigenvalue weighted by Crippen LogP contribution is -2.32. The fourth-order valence-corrected chi connectivity index (χ4v) is 2.21. The number of rotatable bonds is 3. The summed E-state index contributed by atoms with van der Waals surface area (Å²) < 4.78 is 0. The van der Waals surface area contributed by atoms with E-state index in [1.165, 1.54) is 12.8 Å². The Hall–Kier alpha value is -0.650. The number of nitrogens with zero attached hydrogens (tertiary/aromatic N) is 4. The normalized spacial score (nSPS) is 21.3. The van der Waals surface area contributed by atoms with Crippen molar-refractivity contribution in [3.8, 4) is 0 Å². The van der Waals surface area contributed by atoms with Gasteiger partial charge in [-0.25, -0.2) is 0 Å². The van der Waals surface area contributed by atoms with E-state index in [9.17, 15) is 0 Å². The van der Waals surface area contributed by atoms with Crippen LogP contribution < -0.4 is 5.32 Å². The van der Waals surface area contributed by atoms with Crippen molar-refractivity contribution in [2.75, 3.05) is 25.5 Å². The second-order valence-electron chi connectivity index (χ2n) is 3.85. The largest absolute Gasteiger partial charge is 0.352 e. The number of likely N-dealkylation sites (tertiary alicyclic amines) is 1. The Balaban J connectivity index is 1.94. The van der Waals surface area contributed by atoms with E-state index in [4.69, 9.17) is 23.2 Å². The lowest BCUT2D eigenvalue weighted by Gasteiger charge is -2.19. The van der Waals surface area contributed by atoms with Crippen molar-refractivity contribution < 1.29 is 0 Å². The SMILES string of the molecule is CN1CCCC1CNc1nc(Cl)nc(Cl)n1. The number of halogens is 2. The quantitative estimate of drug-likeness (QED) is 0.898. The molecule has 0 saturated carbocycles. The van der Waals surface area contributed by atoms with Gasteiger partial charge in [-0.05, 0) is 49.6 Å². The number of likely N-dealkylation sites (N-methyl/N-ethyl adjacent to an activating group) is 1. The molecule has 0 radical (unpaired) electrons. The molecule has 1 N–H and O–H groups in total. The van der Waals surface area contributed by atoms with Crippen molar-refractivity contribution in [2.24, 2.45) is 0 Å². The van der Waals surface area contributed by atoms with Gasteiger partial charge in [0.25, 0.3) is 0 Å². The van der Waals surface area contributed by atoms with Crippen LogP contribution in [0.25, 0.3) is 0 Å². The van der Waals surface area contributed by atoms with Gasteiger partial charge in [0.15, 0.2) is 0 Å². The Morgan fingerprint density at radius 1 is 1.31 bits per heavy atom. The molecule has 0 amide bonds. The third-order valence-electron chi connectivity index (χ3n) is 2.75. The third-order valence-corrected chi connectivity index (χ3v) is 3.09. The van der Waals surface area contributed by atoms with Gasteiger partial charge in [-0.2, -0.15) is 15.0 Å². The van der Waals surface area contributed by atoms with Crippen molar-refractivity contribution in [1.82, 2.24) is 19.9 Å². The molecule has 2 heterocycles. The van der Waals surface area contributed by atoms with Crippen molar-refractivity contribution in [3.05, 3.63) is 10.6 Å². The Kier molecular flexibility index (Phi) is 3.78. The molecule has 5 nitrogen and oxygen atoms in total. The molecule has 1 fully saturated rings. The van der Waals surface area contributed by atoms with E-state index < -0.39 is 0 Å². The summed E-state index contributed by atoms with van der Waals surface area (Å²) in [6, 6.07) is 0.523. The topological polar surface area (TPSA) is 53.9 Å². The smallest absolute Gasteiger partial charge is 0.228 e. The number of aromatic nitrogens is 3. The van der Waals surface area contributed by atoms with Crippen LogP contribution in [0.5, 0.6) is 0 Å². The lowest BCUT2D eigenvalue weighted by atomic mass is 10.2. The van der Waals surface area contributed by atoms with Crippen LogP contribution in [0.1, 0.15) is 12.8 Å². The maximum Gasteiger partial charge on any atom is 0.228 e. The zero-order chi connectivity index (χ0) is 11.5. The highest BCUT2D eigenvalue weighted by atomic mass is 35.5. The molecular weight excluding hydrogens is 249 g/mol. The average Bonchev–Trinajstić information content (AvgIpc) is 2.59. The highest BCUT2D eigenvalue weighted by Gasteiger charge is 2.20. The molecule has 0 aromatic carbocycles. The first-order valence-electron chi connectivity index (χ1n) is 5.16. The van der Waals surface area contributed by atoms with Crippen LogP contribution in [0.2, 0.25) is 10.6 Å². The van der Waals surface area contributed by atoms with E-state index in [1.54, 1.807) is 0 Å². The van der Waals surface area contributed by atoms with E-state index in [1.807, 2.05) is 0 Å². The molecule has 1 atom stereocenters. The first kappa shape index (κ1) is 11.8. The summed E-state index contributed by atoms with van der Waals surface area (Å²) in [7, 11) is 2.12. The molecule has 1 unspecified atom stereocenters. The molecule has 1 aliphatic rings. The van der Waals surface area contributed by atoms with Gasteiger partial charge in [0.1, 0.15) is 0 Å². The Morgan fingerprint density at radius 3 is 2.56 bits per heavy atom. The van der Waals surface area contributed by atoms with Gasteiger partial charge in [0, 0.05) is 12.6 Å². The Labute approximate surface area is 104 Å². The van der Waals surface area contributed by atoms with Crippen LogP contribution in [0.15, 0.2) is 0 Å². The van der Waals surface area contributed by atoms with Crippen LogP contribution in [-0.4, -0.2) is 46.0 Å². The van der Waals surface area contributed by atoms with E-state index in [0.717, 1.165) is 13.1 Å². The van der Waals surface area contributed by atoms with E-state index in [2.05, 4.69) is 32.2 Å². The van der Waals surface area contributed by atoms with Crippen LogP contribution in [0, 0.1) is 0 Å². The summed E-state index contributed by atoms with van der Waals surface area (Å²) in [4.78, 5) is 13.9. The first-order chi connectivity index (χ1) is 7.65. The van der Waals surface area contributed by atoms with Gasteiger partial charge < -0.3 is 10.2 Å². The minimum atomic E-state index is 0.113. The third kappa shape index (κ3) is 2.93. The summed E-state index contributed by atoms with van der Waals surface area (Å²) in [5.41, 5.74) is 0. The molecule has 1 aromatic rings. The maximum atomic E-state index is 5.68. The van der Waals surface area contributed by atoms with Crippen LogP contribution in [-0.2, 0) is 0 Å². The summed E-state index contributed by atoms with van der Waals surface area (Å²) in [5, 5.41) is 3.35. The molecule has 88 valence electrons. The van der Waals surface area contributed by atoms with E-state index in [-0.39, 0.29) is 10.6 Å². The second-order valence-corrected chi connectivity index (χ2v) is 4.53.